The third kappa shape index (κ3) is 5.25. The smallest absolute Gasteiger partial charge is 0.263 e. The number of sulfonamides is 2. The van der Waals surface area contributed by atoms with E-state index in [9.17, 15) is 16.8 Å². The molecule has 1 aliphatic rings. The number of hydrogen-bond donors (Lipinski definition) is 2. The topological polar surface area (TPSA) is 105 Å². The molecule has 0 radical (unpaired) electrons. The van der Waals surface area contributed by atoms with E-state index in [0.717, 1.165) is 12.8 Å². The summed E-state index contributed by atoms with van der Waals surface area (Å²) < 4.78 is 55.1. The quantitative estimate of drug-likeness (QED) is 0.509. The van der Waals surface area contributed by atoms with Crippen molar-refractivity contribution in [1.82, 2.24) is 4.98 Å². The molecule has 1 heterocycles. The van der Waals surface area contributed by atoms with Gasteiger partial charge in [0.25, 0.3) is 20.0 Å². The lowest BCUT2D eigenvalue weighted by Gasteiger charge is -2.22. The molecule has 10 heteroatoms. The van der Waals surface area contributed by atoms with Crippen molar-refractivity contribution in [2.45, 2.75) is 47.8 Å². The summed E-state index contributed by atoms with van der Waals surface area (Å²) in [6.07, 6.45) is 7.51. The molecule has 164 valence electrons. The molecule has 2 aromatic carbocycles. The fraction of sp³-hybridized carbons (Fsp3) is 0.286. The molecule has 0 amide bonds. The van der Waals surface area contributed by atoms with Crippen LogP contribution in [0.5, 0.6) is 0 Å². The van der Waals surface area contributed by atoms with Crippen LogP contribution >= 0.6 is 11.3 Å². The van der Waals surface area contributed by atoms with Crippen LogP contribution in [0.4, 0.5) is 10.8 Å². The van der Waals surface area contributed by atoms with Crippen LogP contribution in [0, 0.1) is 0 Å². The van der Waals surface area contributed by atoms with E-state index >= 15 is 0 Å². The molecule has 1 aromatic heterocycles. The normalized spacial score (nSPS) is 15.5. The molecule has 0 saturated heterocycles. The van der Waals surface area contributed by atoms with E-state index in [1.54, 1.807) is 17.5 Å². The molecule has 0 spiro atoms. The number of thiazole rings is 1. The Hall–Kier alpha value is -2.43. The van der Waals surface area contributed by atoms with Gasteiger partial charge in [-0.15, -0.1) is 11.3 Å². The van der Waals surface area contributed by atoms with Crippen molar-refractivity contribution in [3.63, 3.8) is 0 Å². The Balaban J connectivity index is 1.45. The standard InChI is InChI=1S/C21H23N3O4S3/c25-30(26,19-10-6-17(7-11-19)16-4-2-1-3-5-16)23-18-8-12-20(13-9-18)31(27,28)24-21-22-14-15-29-21/h6-16,23H,1-5H2,(H,22,24). The highest BCUT2D eigenvalue weighted by Crippen LogP contribution is 2.33. The summed E-state index contributed by atoms with van der Waals surface area (Å²) in [5.41, 5.74) is 1.46. The summed E-state index contributed by atoms with van der Waals surface area (Å²) in [5, 5.41) is 1.93. The lowest BCUT2D eigenvalue weighted by atomic mass is 9.84. The first-order chi connectivity index (χ1) is 14.8. The highest BCUT2D eigenvalue weighted by molar-refractivity contribution is 7.93. The number of nitrogens with zero attached hydrogens (tertiary/aromatic N) is 1. The van der Waals surface area contributed by atoms with Gasteiger partial charge in [-0.1, -0.05) is 31.4 Å². The minimum absolute atomic E-state index is 0.0162. The maximum atomic E-state index is 12.7. The van der Waals surface area contributed by atoms with E-state index in [4.69, 9.17) is 0 Å². The average Bonchev–Trinajstić information content (AvgIpc) is 3.27. The Morgan fingerprint density at radius 2 is 1.35 bits per heavy atom. The van der Waals surface area contributed by atoms with Gasteiger partial charge in [-0.2, -0.15) is 0 Å². The van der Waals surface area contributed by atoms with Gasteiger partial charge in [-0.05, 0) is 60.7 Å². The third-order valence-corrected chi connectivity index (χ3v) is 8.91. The molecule has 1 fully saturated rings. The monoisotopic (exact) mass is 477 g/mol. The van der Waals surface area contributed by atoms with Gasteiger partial charge in [0.2, 0.25) is 0 Å². The first kappa shape index (κ1) is 21.8. The Labute approximate surface area is 186 Å². The summed E-state index contributed by atoms with van der Waals surface area (Å²) in [6.45, 7) is 0. The minimum Gasteiger partial charge on any atom is -0.280 e. The SMILES string of the molecule is O=S(=O)(Nc1ccc(S(=O)(=O)Nc2nccs2)cc1)c1ccc(C2CCCCC2)cc1. The van der Waals surface area contributed by atoms with Crippen molar-refractivity contribution >= 4 is 42.2 Å². The first-order valence-corrected chi connectivity index (χ1v) is 13.8. The van der Waals surface area contributed by atoms with Crippen molar-refractivity contribution in [2.75, 3.05) is 9.44 Å². The van der Waals surface area contributed by atoms with Crippen LogP contribution in [0.25, 0.3) is 0 Å². The van der Waals surface area contributed by atoms with Gasteiger partial charge in [0, 0.05) is 17.3 Å². The average molecular weight is 478 g/mol. The fourth-order valence-electron chi connectivity index (χ4n) is 3.72. The van der Waals surface area contributed by atoms with Crippen molar-refractivity contribution in [1.29, 1.82) is 0 Å². The van der Waals surface area contributed by atoms with Crippen molar-refractivity contribution in [2.24, 2.45) is 0 Å². The van der Waals surface area contributed by atoms with Crippen molar-refractivity contribution in [3.05, 3.63) is 65.7 Å². The van der Waals surface area contributed by atoms with Crippen LogP contribution < -0.4 is 9.44 Å². The molecule has 1 aliphatic carbocycles. The van der Waals surface area contributed by atoms with Gasteiger partial charge >= 0.3 is 0 Å². The molecule has 0 unspecified atom stereocenters. The maximum absolute atomic E-state index is 12.7. The molecular formula is C21H23N3O4S3. The number of benzene rings is 2. The van der Waals surface area contributed by atoms with Crippen molar-refractivity contribution in [3.8, 4) is 0 Å². The third-order valence-electron chi connectivity index (χ3n) is 5.34. The highest BCUT2D eigenvalue weighted by atomic mass is 32.2. The summed E-state index contributed by atoms with van der Waals surface area (Å²) >= 11 is 1.17. The lowest BCUT2D eigenvalue weighted by molar-refractivity contribution is 0.443. The predicted octanol–water partition coefficient (Wildman–Crippen LogP) is 4.79. The van der Waals surface area contributed by atoms with Crippen molar-refractivity contribution < 1.29 is 16.8 Å². The van der Waals surface area contributed by atoms with Gasteiger partial charge in [-0.3, -0.25) is 9.44 Å². The largest absolute Gasteiger partial charge is 0.280 e. The van der Waals surface area contributed by atoms with Gasteiger partial charge < -0.3 is 0 Å². The predicted molar refractivity (Wildman–Crippen MR) is 122 cm³/mol. The van der Waals surface area contributed by atoms with E-state index in [0.29, 0.717) is 5.92 Å². The summed E-state index contributed by atoms with van der Waals surface area (Å²) in [7, 11) is -7.56. The first-order valence-electron chi connectivity index (χ1n) is 9.99. The minimum atomic E-state index is -3.79. The van der Waals surface area contributed by atoms with E-state index in [1.807, 2.05) is 12.1 Å². The summed E-state index contributed by atoms with van der Waals surface area (Å²) in [5.74, 6) is 0.506. The Bertz CT molecular complexity index is 1220. The number of rotatable bonds is 7. The van der Waals surface area contributed by atoms with E-state index in [2.05, 4.69) is 14.4 Å². The molecule has 3 aromatic rings. The fourth-order valence-corrected chi connectivity index (χ4v) is 6.57. The molecule has 0 bridgehead atoms. The van der Waals surface area contributed by atoms with Crippen LogP contribution in [-0.4, -0.2) is 21.8 Å². The summed E-state index contributed by atoms with van der Waals surface area (Å²) in [6, 6.07) is 12.6. The second kappa shape index (κ2) is 8.97. The molecule has 7 nitrogen and oxygen atoms in total. The zero-order valence-electron chi connectivity index (χ0n) is 16.7. The molecule has 31 heavy (non-hydrogen) atoms. The van der Waals surface area contributed by atoms with E-state index in [-0.39, 0.29) is 20.6 Å². The molecule has 4 rings (SSSR count). The second-order valence-corrected chi connectivity index (χ2v) is 11.7. The van der Waals surface area contributed by atoms with Gasteiger partial charge in [0.1, 0.15) is 0 Å². The lowest BCUT2D eigenvalue weighted by Crippen LogP contribution is -2.14. The van der Waals surface area contributed by atoms with Crippen LogP contribution in [0.15, 0.2) is 69.9 Å². The molecular weight excluding hydrogens is 454 g/mol. The molecule has 0 atom stereocenters. The van der Waals surface area contributed by atoms with Gasteiger partial charge in [0.05, 0.1) is 9.79 Å². The van der Waals surface area contributed by atoms with E-state index in [1.165, 1.54) is 66.6 Å². The zero-order chi connectivity index (χ0) is 21.9. The zero-order valence-corrected chi connectivity index (χ0v) is 19.1. The van der Waals surface area contributed by atoms with Crippen LogP contribution in [0.3, 0.4) is 0 Å². The number of anilines is 2. The molecule has 2 N–H and O–H groups in total. The second-order valence-electron chi connectivity index (χ2n) is 7.48. The summed E-state index contributed by atoms with van der Waals surface area (Å²) in [4.78, 5) is 4.09. The Morgan fingerprint density at radius 1 is 0.774 bits per heavy atom. The van der Waals surface area contributed by atoms with Gasteiger partial charge in [-0.25, -0.2) is 21.8 Å². The Kier molecular flexibility index (Phi) is 6.31. The Morgan fingerprint density at radius 3 is 1.94 bits per heavy atom. The maximum Gasteiger partial charge on any atom is 0.263 e. The van der Waals surface area contributed by atoms with Crippen LogP contribution in [0.1, 0.15) is 43.6 Å². The number of nitrogens with one attached hydrogen (secondary N) is 2. The molecule has 0 aliphatic heterocycles. The van der Waals surface area contributed by atoms with Crippen LogP contribution in [0.2, 0.25) is 0 Å². The highest BCUT2D eigenvalue weighted by Gasteiger charge is 2.19. The molecule has 1 saturated carbocycles. The van der Waals surface area contributed by atoms with Gasteiger partial charge in [0.15, 0.2) is 5.13 Å². The van der Waals surface area contributed by atoms with E-state index < -0.39 is 20.0 Å². The number of aromatic nitrogens is 1. The van der Waals surface area contributed by atoms with Crippen LogP contribution in [-0.2, 0) is 20.0 Å². The number of hydrogen-bond acceptors (Lipinski definition) is 6.